The van der Waals surface area contributed by atoms with Crippen molar-refractivity contribution < 1.29 is 13.6 Å². The van der Waals surface area contributed by atoms with Crippen LogP contribution < -0.4 is 10.5 Å². The predicted octanol–water partition coefficient (Wildman–Crippen LogP) is 2.04. The van der Waals surface area contributed by atoms with E-state index in [1.54, 1.807) is 13.8 Å². The number of halogens is 2. The molecule has 1 aromatic rings. The first-order valence-corrected chi connectivity index (χ1v) is 7.76. The first-order valence-electron chi connectivity index (χ1n) is 5.52. The Morgan fingerprint density at radius 2 is 1.85 bits per heavy atom. The summed E-state index contributed by atoms with van der Waals surface area (Å²) in [5.41, 5.74) is 4.65. The van der Waals surface area contributed by atoms with Gasteiger partial charge in [0, 0.05) is 22.0 Å². The van der Waals surface area contributed by atoms with Gasteiger partial charge >= 0.3 is 0 Å². The summed E-state index contributed by atoms with van der Waals surface area (Å²) in [5.74, 6) is -0.0793. The van der Waals surface area contributed by atoms with Gasteiger partial charge in [-0.3, -0.25) is 0 Å². The lowest BCUT2D eigenvalue weighted by Gasteiger charge is -2.23. The Morgan fingerprint density at radius 1 is 1.35 bits per heavy atom. The molecule has 0 amide bonds. The highest BCUT2D eigenvalue weighted by Crippen LogP contribution is 2.23. The van der Waals surface area contributed by atoms with E-state index in [1.807, 2.05) is 0 Å². The molecule has 0 aliphatic carbocycles. The van der Waals surface area contributed by atoms with Gasteiger partial charge in [-0.25, -0.2) is 13.1 Å². The molecule has 112 valence electrons. The molecule has 0 saturated heterocycles. The fourth-order valence-corrected chi connectivity index (χ4v) is 3.21. The summed E-state index contributed by atoms with van der Waals surface area (Å²) in [6.45, 7) is 3.22. The summed E-state index contributed by atoms with van der Waals surface area (Å²) in [5, 5.41) is 12.0. The lowest BCUT2D eigenvalue weighted by atomic mass is 9.93. The molecule has 4 N–H and O–H groups in total. The minimum absolute atomic E-state index is 0.0463. The van der Waals surface area contributed by atoms with E-state index in [0.29, 0.717) is 0 Å². The average molecular weight is 340 g/mol. The Kier molecular flexibility index (Phi) is 5.26. The lowest BCUT2D eigenvalue weighted by molar-refractivity contribution is 0.307. The second kappa shape index (κ2) is 6.17. The Hall–Kier alpha value is -1.02. The Labute approximate surface area is 127 Å². The normalized spacial score (nSPS) is 13.5. The molecule has 0 spiro atoms. The third-order valence-electron chi connectivity index (χ3n) is 2.65. The van der Waals surface area contributed by atoms with Gasteiger partial charge < -0.3 is 10.9 Å². The van der Waals surface area contributed by atoms with E-state index in [0.717, 1.165) is 0 Å². The number of nitrogens with one attached hydrogen (secondary N) is 1. The second-order valence-corrected chi connectivity index (χ2v) is 7.44. The lowest BCUT2D eigenvalue weighted by Crippen LogP contribution is -2.42. The van der Waals surface area contributed by atoms with E-state index in [4.69, 9.17) is 34.1 Å². The van der Waals surface area contributed by atoms with Crippen LogP contribution in [0.15, 0.2) is 28.3 Å². The van der Waals surface area contributed by atoms with Crippen LogP contribution in [0.1, 0.15) is 13.8 Å². The van der Waals surface area contributed by atoms with Gasteiger partial charge in [0.1, 0.15) is 5.84 Å². The summed E-state index contributed by atoms with van der Waals surface area (Å²) in [6, 6.07) is 4.00. The zero-order valence-electron chi connectivity index (χ0n) is 10.9. The summed E-state index contributed by atoms with van der Waals surface area (Å²) in [6.07, 6.45) is 0. The zero-order valence-corrected chi connectivity index (χ0v) is 13.2. The largest absolute Gasteiger partial charge is 0.409 e. The summed E-state index contributed by atoms with van der Waals surface area (Å²) in [4.78, 5) is -0.0506. The number of nitrogens with two attached hydrogens (primary N) is 1. The average Bonchev–Trinajstić information content (AvgIpc) is 2.34. The van der Waals surface area contributed by atoms with Crippen LogP contribution in [-0.2, 0) is 10.0 Å². The van der Waals surface area contributed by atoms with Gasteiger partial charge in [0.25, 0.3) is 0 Å². The highest BCUT2D eigenvalue weighted by molar-refractivity contribution is 7.89. The van der Waals surface area contributed by atoms with Crippen LogP contribution >= 0.6 is 23.2 Å². The molecule has 0 aliphatic heterocycles. The minimum atomic E-state index is -3.79. The van der Waals surface area contributed by atoms with E-state index < -0.39 is 15.4 Å². The maximum atomic E-state index is 12.1. The number of nitrogens with zero attached hydrogens (tertiary/aromatic N) is 1. The van der Waals surface area contributed by atoms with Crippen molar-refractivity contribution in [2.24, 2.45) is 16.3 Å². The van der Waals surface area contributed by atoms with Crippen molar-refractivity contribution in [3.05, 3.63) is 28.2 Å². The number of amidine groups is 1. The number of hydrogen-bond acceptors (Lipinski definition) is 4. The molecule has 0 heterocycles. The number of hydrogen-bond donors (Lipinski definition) is 3. The van der Waals surface area contributed by atoms with E-state index in [2.05, 4.69) is 9.88 Å². The summed E-state index contributed by atoms with van der Waals surface area (Å²) < 4.78 is 26.6. The molecular formula is C11H15Cl2N3O3S. The maximum absolute atomic E-state index is 12.1. The van der Waals surface area contributed by atoms with Gasteiger partial charge in [-0.15, -0.1) is 0 Å². The molecule has 0 unspecified atom stereocenters. The molecule has 0 radical (unpaired) electrons. The maximum Gasteiger partial charge on any atom is 0.240 e. The first-order chi connectivity index (χ1) is 9.08. The fourth-order valence-electron chi connectivity index (χ4n) is 1.27. The number of sulfonamides is 1. The van der Waals surface area contributed by atoms with Crippen LogP contribution in [0.2, 0.25) is 10.0 Å². The van der Waals surface area contributed by atoms with Crippen LogP contribution in [0.3, 0.4) is 0 Å². The van der Waals surface area contributed by atoms with Gasteiger partial charge in [-0.1, -0.05) is 42.2 Å². The van der Waals surface area contributed by atoms with Crippen molar-refractivity contribution in [3.63, 3.8) is 0 Å². The van der Waals surface area contributed by atoms with Crippen molar-refractivity contribution in [2.45, 2.75) is 18.7 Å². The molecule has 20 heavy (non-hydrogen) atoms. The van der Waals surface area contributed by atoms with Gasteiger partial charge in [-0.05, 0) is 18.2 Å². The van der Waals surface area contributed by atoms with Crippen molar-refractivity contribution in [2.75, 3.05) is 6.54 Å². The molecular weight excluding hydrogens is 325 g/mol. The predicted molar refractivity (Wildman–Crippen MR) is 78.8 cm³/mol. The van der Waals surface area contributed by atoms with Crippen molar-refractivity contribution >= 4 is 39.1 Å². The molecule has 0 saturated carbocycles. The molecule has 9 heteroatoms. The van der Waals surface area contributed by atoms with Gasteiger partial charge in [0.15, 0.2) is 0 Å². The third kappa shape index (κ3) is 4.24. The second-order valence-electron chi connectivity index (χ2n) is 4.80. The van der Waals surface area contributed by atoms with Crippen LogP contribution in [0.4, 0.5) is 0 Å². The molecule has 0 aliphatic rings. The number of benzene rings is 1. The fraction of sp³-hybridized carbons (Fsp3) is 0.364. The van der Waals surface area contributed by atoms with E-state index in [-0.39, 0.29) is 27.3 Å². The molecule has 0 fully saturated rings. The summed E-state index contributed by atoms with van der Waals surface area (Å²) >= 11 is 11.5. The van der Waals surface area contributed by atoms with Gasteiger partial charge in [-0.2, -0.15) is 0 Å². The smallest absolute Gasteiger partial charge is 0.240 e. The number of rotatable bonds is 5. The summed E-state index contributed by atoms with van der Waals surface area (Å²) in [7, 11) is -3.79. The number of oxime groups is 1. The molecule has 0 atom stereocenters. The third-order valence-corrected chi connectivity index (χ3v) is 4.47. The monoisotopic (exact) mass is 339 g/mol. The van der Waals surface area contributed by atoms with Gasteiger partial charge in [0.2, 0.25) is 10.0 Å². The molecule has 0 aromatic heterocycles. The highest BCUT2D eigenvalue weighted by atomic mass is 35.5. The molecule has 1 rings (SSSR count). The van der Waals surface area contributed by atoms with E-state index in [9.17, 15) is 8.42 Å². The van der Waals surface area contributed by atoms with Crippen molar-refractivity contribution in [1.29, 1.82) is 0 Å². The van der Waals surface area contributed by atoms with Crippen molar-refractivity contribution in [1.82, 2.24) is 4.72 Å². The SMILES string of the molecule is CC(C)(CNS(=O)(=O)c1cc(Cl)cc(Cl)c1)/C(N)=N/O. The molecule has 0 bridgehead atoms. The van der Waals surface area contributed by atoms with E-state index >= 15 is 0 Å². The van der Waals surface area contributed by atoms with Gasteiger partial charge in [0.05, 0.1) is 4.90 Å². The highest BCUT2D eigenvalue weighted by Gasteiger charge is 2.26. The van der Waals surface area contributed by atoms with Crippen LogP contribution in [0.25, 0.3) is 0 Å². The van der Waals surface area contributed by atoms with Crippen LogP contribution in [0, 0.1) is 5.41 Å². The Bertz CT molecular complexity index is 610. The van der Waals surface area contributed by atoms with Crippen molar-refractivity contribution in [3.8, 4) is 0 Å². The van der Waals surface area contributed by atoms with E-state index in [1.165, 1.54) is 18.2 Å². The topological polar surface area (TPSA) is 105 Å². The first kappa shape index (κ1) is 17.0. The molecule has 1 aromatic carbocycles. The Balaban J connectivity index is 2.96. The zero-order chi connectivity index (χ0) is 15.6. The minimum Gasteiger partial charge on any atom is -0.409 e. The standard InChI is InChI=1S/C11H15Cl2N3O3S/c1-11(2,10(14)16-17)6-15-20(18,19)9-4-7(12)3-8(13)5-9/h3-5,15,17H,6H2,1-2H3,(H2,14,16). The molecule has 6 nitrogen and oxygen atoms in total. The quantitative estimate of drug-likeness (QED) is 0.330. The Morgan fingerprint density at radius 3 is 2.30 bits per heavy atom. The van der Waals surface area contributed by atoms with Crippen LogP contribution in [0.5, 0.6) is 0 Å². The van der Waals surface area contributed by atoms with Crippen LogP contribution in [-0.4, -0.2) is 26.0 Å².